The number of benzene rings is 1. The molecular weight excluding hydrogens is 271 g/mol. The number of hydrogen-bond acceptors (Lipinski definition) is 3. The van der Waals surface area contributed by atoms with E-state index in [9.17, 15) is 4.39 Å². The van der Waals surface area contributed by atoms with Crippen LogP contribution in [0.15, 0.2) is 41.8 Å². The van der Waals surface area contributed by atoms with E-state index in [0.29, 0.717) is 5.92 Å². The molecule has 0 amide bonds. The summed E-state index contributed by atoms with van der Waals surface area (Å²) in [5.74, 6) is 0.382. The van der Waals surface area contributed by atoms with Crippen molar-refractivity contribution >= 4 is 17.0 Å². The molecule has 4 heteroatoms. The summed E-state index contributed by atoms with van der Waals surface area (Å²) < 4.78 is 13.0. The fraction of sp³-hybridized carbons (Fsp3) is 0.375. The van der Waals surface area contributed by atoms with Gasteiger partial charge in [0.25, 0.3) is 0 Å². The van der Waals surface area contributed by atoms with Crippen LogP contribution < -0.4 is 10.6 Å². The van der Waals surface area contributed by atoms with Gasteiger partial charge in [0.05, 0.1) is 0 Å². The molecule has 1 fully saturated rings. The third kappa shape index (κ3) is 3.19. The first-order valence-corrected chi connectivity index (χ1v) is 7.87. The van der Waals surface area contributed by atoms with E-state index in [1.165, 1.54) is 17.0 Å². The summed E-state index contributed by atoms with van der Waals surface area (Å²) in [4.78, 5) is 3.70. The Labute approximate surface area is 123 Å². The Bertz CT molecular complexity index is 538. The third-order valence-electron chi connectivity index (χ3n) is 3.83. The van der Waals surface area contributed by atoms with Gasteiger partial charge in [0.1, 0.15) is 5.82 Å². The normalized spacial score (nSPS) is 23.0. The molecule has 0 radical (unpaired) electrons. The monoisotopic (exact) mass is 290 g/mol. The molecule has 1 saturated heterocycles. The predicted octanol–water partition coefficient (Wildman–Crippen LogP) is 3.28. The molecule has 1 aliphatic heterocycles. The van der Waals surface area contributed by atoms with Gasteiger partial charge in [-0.15, -0.1) is 11.3 Å². The number of rotatable bonds is 3. The minimum atomic E-state index is -0.190. The SMILES string of the molecule is NC1CC(Cc2cccs2)CN(c2ccc(F)cc2)C1. The zero-order valence-corrected chi connectivity index (χ0v) is 12.2. The minimum absolute atomic E-state index is 0.190. The Kier molecular flexibility index (Phi) is 4.03. The van der Waals surface area contributed by atoms with Crippen molar-refractivity contribution in [1.29, 1.82) is 0 Å². The van der Waals surface area contributed by atoms with Crippen LogP contribution in [-0.2, 0) is 6.42 Å². The van der Waals surface area contributed by atoms with Crippen molar-refractivity contribution in [2.75, 3.05) is 18.0 Å². The summed E-state index contributed by atoms with van der Waals surface area (Å²) in [5, 5.41) is 2.12. The van der Waals surface area contributed by atoms with Crippen LogP contribution in [0, 0.1) is 11.7 Å². The highest BCUT2D eigenvalue weighted by Gasteiger charge is 2.25. The molecule has 3 rings (SSSR count). The summed E-state index contributed by atoms with van der Waals surface area (Å²) >= 11 is 1.81. The molecule has 0 saturated carbocycles. The number of piperidine rings is 1. The van der Waals surface area contributed by atoms with Gasteiger partial charge < -0.3 is 10.6 Å². The maximum atomic E-state index is 13.0. The fourth-order valence-electron chi connectivity index (χ4n) is 2.97. The maximum absolute atomic E-state index is 13.0. The highest BCUT2D eigenvalue weighted by atomic mass is 32.1. The molecular formula is C16H19FN2S. The molecule has 2 nitrogen and oxygen atoms in total. The zero-order chi connectivity index (χ0) is 13.9. The van der Waals surface area contributed by atoms with Gasteiger partial charge >= 0.3 is 0 Å². The lowest BCUT2D eigenvalue weighted by Crippen LogP contribution is -2.47. The first kappa shape index (κ1) is 13.6. The van der Waals surface area contributed by atoms with Crippen LogP contribution in [0.4, 0.5) is 10.1 Å². The van der Waals surface area contributed by atoms with E-state index in [1.807, 2.05) is 23.5 Å². The van der Waals surface area contributed by atoms with Crippen molar-refractivity contribution in [2.45, 2.75) is 18.9 Å². The largest absolute Gasteiger partial charge is 0.370 e. The van der Waals surface area contributed by atoms with Gasteiger partial charge in [0, 0.05) is 29.7 Å². The van der Waals surface area contributed by atoms with Crippen LogP contribution in [0.5, 0.6) is 0 Å². The summed E-state index contributed by atoms with van der Waals surface area (Å²) in [6.45, 7) is 1.85. The number of halogens is 1. The van der Waals surface area contributed by atoms with Crippen molar-refractivity contribution in [2.24, 2.45) is 11.7 Å². The van der Waals surface area contributed by atoms with Crippen LogP contribution in [0.1, 0.15) is 11.3 Å². The molecule has 1 aromatic heterocycles. The molecule has 1 aliphatic rings. The standard InChI is InChI=1S/C16H19FN2S/c17-13-3-5-15(6-4-13)19-10-12(8-14(18)11-19)9-16-2-1-7-20-16/h1-7,12,14H,8-11,18H2. The number of nitrogens with two attached hydrogens (primary N) is 1. The van der Waals surface area contributed by atoms with Crippen molar-refractivity contribution in [1.82, 2.24) is 0 Å². The van der Waals surface area contributed by atoms with Crippen LogP contribution in [-0.4, -0.2) is 19.1 Å². The van der Waals surface area contributed by atoms with E-state index in [-0.39, 0.29) is 11.9 Å². The lowest BCUT2D eigenvalue weighted by Gasteiger charge is -2.37. The smallest absolute Gasteiger partial charge is 0.123 e. The molecule has 2 heterocycles. The second kappa shape index (κ2) is 5.94. The van der Waals surface area contributed by atoms with Crippen LogP contribution in [0.2, 0.25) is 0 Å². The molecule has 0 bridgehead atoms. The van der Waals surface area contributed by atoms with E-state index >= 15 is 0 Å². The Morgan fingerprint density at radius 1 is 1.20 bits per heavy atom. The van der Waals surface area contributed by atoms with E-state index in [1.54, 1.807) is 0 Å². The van der Waals surface area contributed by atoms with Crippen molar-refractivity contribution in [3.05, 3.63) is 52.5 Å². The lowest BCUT2D eigenvalue weighted by atomic mass is 9.91. The summed E-state index contributed by atoms with van der Waals surface area (Å²) in [6, 6.07) is 11.2. The van der Waals surface area contributed by atoms with E-state index in [0.717, 1.165) is 31.6 Å². The summed E-state index contributed by atoms with van der Waals surface area (Å²) in [5.41, 5.74) is 7.27. The number of nitrogens with zero attached hydrogens (tertiary/aromatic N) is 1. The topological polar surface area (TPSA) is 29.3 Å². The highest BCUT2D eigenvalue weighted by Crippen LogP contribution is 2.26. The number of hydrogen-bond donors (Lipinski definition) is 1. The Morgan fingerprint density at radius 2 is 2.00 bits per heavy atom. The first-order chi connectivity index (χ1) is 9.70. The van der Waals surface area contributed by atoms with Crippen molar-refractivity contribution < 1.29 is 4.39 Å². The molecule has 2 atom stereocenters. The summed E-state index contributed by atoms with van der Waals surface area (Å²) in [6.07, 6.45) is 2.15. The van der Waals surface area contributed by atoms with Crippen LogP contribution in [0.25, 0.3) is 0 Å². The highest BCUT2D eigenvalue weighted by molar-refractivity contribution is 7.09. The fourth-order valence-corrected chi connectivity index (χ4v) is 3.79. The van der Waals surface area contributed by atoms with Crippen LogP contribution >= 0.6 is 11.3 Å². The van der Waals surface area contributed by atoms with E-state index in [4.69, 9.17) is 5.73 Å². The molecule has 2 N–H and O–H groups in total. The van der Waals surface area contributed by atoms with Gasteiger partial charge in [-0.2, -0.15) is 0 Å². The first-order valence-electron chi connectivity index (χ1n) is 6.99. The van der Waals surface area contributed by atoms with Gasteiger partial charge in [0.2, 0.25) is 0 Å². The Hall–Kier alpha value is -1.39. The second-order valence-corrected chi connectivity index (χ2v) is 6.56. The van der Waals surface area contributed by atoms with Crippen molar-refractivity contribution in [3.8, 4) is 0 Å². The quantitative estimate of drug-likeness (QED) is 0.940. The Balaban J connectivity index is 1.71. The average molecular weight is 290 g/mol. The van der Waals surface area contributed by atoms with Gasteiger partial charge in [0.15, 0.2) is 0 Å². The number of anilines is 1. The van der Waals surface area contributed by atoms with E-state index < -0.39 is 0 Å². The number of thiophene rings is 1. The lowest BCUT2D eigenvalue weighted by molar-refractivity contribution is 0.376. The molecule has 0 spiro atoms. The minimum Gasteiger partial charge on any atom is -0.370 e. The van der Waals surface area contributed by atoms with Crippen molar-refractivity contribution in [3.63, 3.8) is 0 Å². The third-order valence-corrected chi connectivity index (χ3v) is 4.73. The van der Waals surface area contributed by atoms with Gasteiger partial charge in [-0.25, -0.2) is 4.39 Å². The zero-order valence-electron chi connectivity index (χ0n) is 11.3. The van der Waals surface area contributed by atoms with E-state index in [2.05, 4.69) is 22.4 Å². The molecule has 2 aromatic rings. The molecule has 0 aliphatic carbocycles. The van der Waals surface area contributed by atoms with Gasteiger partial charge in [-0.3, -0.25) is 0 Å². The average Bonchev–Trinajstić information content (AvgIpc) is 2.91. The Morgan fingerprint density at radius 3 is 2.70 bits per heavy atom. The summed E-state index contributed by atoms with van der Waals surface area (Å²) in [7, 11) is 0. The second-order valence-electron chi connectivity index (χ2n) is 5.53. The molecule has 2 unspecified atom stereocenters. The molecule has 20 heavy (non-hydrogen) atoms. The van der Waals surface area contributed by atoms with Gasteiger partial charge in [-0.1, -0.05) is 6.07 Å². The molecule has 106 valence electrons. The van der Waals surface area contributed by atoms with Crippen LogP contribution in [0.3, 0.4) is 0 Å². The molecule has 1 aromatic carbocycles. The van der Waals surface area contributed by atoms with Gasteiger partial charge in [-0.05, 0) is 54.5 Å². The maximum Gasteiger partial charge on any atom is 0.123 e. The predicted molar refractivity (Wildman–Crippen MR) is 82.7 cm³/mol.